The van der Waals surface area contributed by atoms with Crippen LogP contribution in [0.3, 0.4) is 0 Å². The van der Waals surface area contributed by atoms with E-state index < -0.39 is 11.6 Å². The fraction of sp³-hybridized carbons (Fsp3) is 0.400. The Morgan fingerprint density at radius 3 is 2.85 bits per heavy atom. The third-order valence-corrected chi connectivity index (χ3v) is 2.51. The van der Waals surface area contributed by atoms with E-state index in [9.17, 15) is 8.78 Å². The minimum Gasteiger partial charge on any atom is -0.324 e. The van der Waals surface area contributed by atoms with Gasteiger partial charge in [-0.1, -0.05) is 0 Å². The lowest BCUT2D eigenvalue weighted by atomic mass is 9.88. The summed E-state index contributed by atoms with van der Waals surface area (Å²) in [5, 5.41) is 0. The lowest BCUT2D eigenvalue weighted by molar-refractivity contribution is 0.504. The number of rotatable bonds is 0. The first-order valence-corrected chi connectivity index (χ1v) is 4.42. The van der Waals surface area contributed by atoms with Crippen molar-refractivity contribution in [3.63, 3.8) is 0 Å². The van der Waals surface area contributed by atoms with Crippen LogP contribution in [-0.2, 0) is 6.42 Å². The highest BCUT2D eigenvalue weighted by Gasteiger charge is 2.21. The van der Waals surface area contributed by atoms with Crippen LogP contribution in [-0.4, -0.2) is 0 Å². The molecule has 0 radical (unpaired) electrons. The van der Waals surface area contributed by atoms with Gasteiger partial charge in [0.1, 0.15) is 11.6 Å². The minimum absolute atomic E-state index is 0.260. The first-order chi connectivity index (χ1) is 6.18. The molecule has 1 atom stereocenters. The Kier molecular flexibility index (Phi) is 2.04. The van der Waals surface area contributed by atoms with E-state index in [1.54, 1.807) is 0 Å². The molecule has 0 bridgehead atoms. The van der Waals surface area contributed by atoms with Gasteiger partial charge >= 0.3 is 0 Å². The minimum atomic E-state index is -0.509. The number of hydrogen-bond donors (Lipinski definition) is 1. The molecular formula is C10H11F2N. The highest BCUT2D eigenvalue weighted by Crippen LogP contribution is 2.30. The zero-order chi connectivity index (χ0) is 9.42. The fourth-order valence-corrected chi connectivity index (χ4v) is 1.92. The van der Waals surface area contributed by atoms with Gasteiger partial charge in [-0.05, 0) is 30.9 Å². The van der Waals surface area contributed by atoms with E-state index in [0.717, 1.165) is 30.9 Å². The summed E-state index contributed by atoms with van der Waals surface area (Å²) in [6.45, 7) is 0. The maximum atomic E-state index is 13.3. The second-order valence-electron chi connectivity index (χ2n) is 3.46. The van der Waals surface area contributed by atoms with Crippen molar-refractivity contribution in [2.24, 2.45) is 5.73 Å². The van der Waals surface area contributed by atoms with Crippen molar-refractivity contribution in [2.75, 3.05) is 0 Å². The molecule has 0 aliphatic heterocycles. The van der Waals surface area contributed by atoms with Crippen LogP contribution in [0, 0.1) is 11.6 Å². The summed E-state index contributed by atoms with van der Waals surface area (Å²) in [4.78, 5) is 0. The van der Waals surface area contributed by atoms with Crippen LogP contribution in [0.5, 0.6) is 0 Å². The molecule has 0 spiro atoms. The Hall–Kier alpha value is -0.960. The lowest BCUT2D eigenvalue weighted by Gasteiger charge is -2.22. The maximum absolute atomic E-state index is 13.3. The summed E-state index contributed by atoms with van der Waals surface area (Å²) in [5.74, 6) is -1.01. The van der Waals surface area contributed by atoms with E-state index in [4.69, 9.17) is 5.73 Å². The second kappa shape index (κ2) is 3.07. The first-order valence-electron chi connectivity index (χ1n) is 4.42. The van der Waals surface area contributed by atoms with Gasteiger partial charge in [0.15, 0.2) is 0 Å². The first kappa shape index (κ1) is 8.63. The molecule has 3 heteroatoms. The number of aryl methyl sites for hydroxylation is 1. The molecular weight excluding hydrogens is 172 g/mol. The van der Waals surface area contributed by atoms with E-state index in [-0.39, 0.29) is 6.04 Å². The Bertz CT molecular complexity index is 336. The molecule has 0 heterocycles. The summed E-state index contributed by atoms with van der Waals surface area (Å²) in [6, 6.07) is 2.03. The normalized spacial score (nSPS) is 21.3. The van der Waals surface area contributed by atoms with Crippen LogP contribution >= 0.6 is 0 Å². The number of nitrogens with two attached hydrogens (primary N) is 1. The summed E-state index contributed by atoms with van der Waals surface area (Å²) < 4.78 is 26.1. The molecule has 1 aromatic carbocycles. The van der Waals surface area contributed by atoms with Gasteiger partial charge in [-0.25, -0.2) is 8.78 Å². The molecule has 1 nitrogen and oxygen atoms in total. The molecule has 1 unspecified atom stereocenters. The standard InChI is InChI=1S/C10H11F2N/c11-7-4-6-2-1-3-9(13)10(6)8(12)5-7/h4-5,9H,1-3,13H2. The molecule has 1 aromatic rings. The third kappa shape index (κ3) is 1.44. The Balaban J connectivity index is 2.56. The summed E-state index contributed by atoms with van der Waals surface area (Å²) in [6.07, 6.45) is 2.43. The van der Waals surface area contributed by atoms with Crippen LogP contribution in [0.15, 0.2) is 12.1 Å². The van der Waals surface area contributed by atoms with E-state index in [2.05, 4.69) is 0 Å². The summed E-state index contributed by atoms with van der Waals surface area (Å²) in [7, 11) is 0. The van der Waals surface area contributed by atoms with Crippen LogP contribution in [0.25, 0.3) is 0 Å². The van der Waals surface area contributed by atoms with Crippen molar-refractivity contribution in [3.8, 4) is 0 Å². The topological polar surface area (TPSA) is 26.0 Å². The molecule has 2 N–H and O–H groups in total. The van der Waals surface area contributed by atoms with Gasteiger partial charge in [0.25, 0.3) is 0 Å². The van der Waals surface area contributed by atoms with Crippen molar-refractivity contribution >= 4 is 0 Å². The van der Waals surface area contributed by atoms with E-state index in [1.165, 1.54) is 6.07 Å². The average molecular weight is 183 g/mol. The van der Waals surface area contributed by atoms with Gasteiger partial charge < -0.3 is 5.73 Å². The lowest BCUT2D eigenvalue weighted by Crippen LogP contribution is -2.19. The zero-order valence-electron chi connectivity index (χ0n) is 7.19. The summed E-state index contributed by atoms with van der Waals surface area (Å²) >= 11 is 0. The molecule has 70 valence electrons. The van der Waals surface area contributed by atoms with Gasteiger partial charge in [0.05, 0.1) is 0 Å². The van der Waals surface area contributed by atoms with Gasteiger partial charge in [0, 0.05) is 17.7 Å². The molecule has 2 rings (SSSR count). The van der Waals surface area contributed by atoms with Crippen LogP contribution < -0.4 is 5.73 Å². The van der Waals surface area contributed by atoms with Crippen molar-refractivity contribution < 1.29 is 8.78 Å². The Morgan fingerprint density at radius 2 is 2.08 bits per heavy atom. The predicted molar refractivity (Wildman–Crippen MR) is 46.2 cm³/mol. The molecule has 0 saturated heterocycles. The fourth-order valence-electron chi connectivity index (χ4n) is 1.92. The van der Waals surface area contributed by atoms with Gasteiger partial charge in [-0.15, -0.1) is 0 Å². The molecule has 1 aliphatic carbocycles. The Labute approximate surface area is 75.6 Å². The zero-order valence-corrected chi connectivity index (χ0v) is 7.19. The molecule has 0 fully saturated rings. The second-order valence-corrected chi connectivity index (χ2v) is 3.46. The number of benzene rings is 1. The van der Waals surface area contributed by atoms with Crippen LogP contribution in [0.4, 0.5) is 8.78 Å². The van der Waals surface area contributed by atoms with Crippen molar-refractivity contribution in [2.45, 2.75) is 25.3 Å². The van der Waals surface area contributed by atoms with Gasteiger partial charge in [-0.2, -0.15) is 0 Å². The predicted octanol–water partition coefficient (Wildman–Crippen LogP) is 2.30. The number of halogens is 2. The third-order valence-electron chi connectivity index (χ3n) is 2.51. The van der Waals surface area contributed by atoms with Crippen molar-refractivity contribution in [1.29, 1.82) is 0 Å². The monoisotopic (exact) mass is 183 g/mol. The molecule has 0 aromatic heterocycles. The molecule has 1 aliphatic rings. The molecule has 0 amide bonds. The van der Waals surface area contributed by atoms with Gasteiger partial charge in [0.2, 0.25) is 0 Å². The van der Waals surface area contributed by atoms with E-state index >= 15 is 0 Å². The molecule has 0 saturated carbocycles. The van der Waals surface area contributed by atoms with Gasteiger partial charge in [-0.3, -0.25) is 0 Å². The average Bonchev–Trinajstić information content (AvgIpc) is 2.02. The van der Waals surface area contributed by atoms with Crippen LogP contribution in [0.1, 0.15) is 30.0 Å². The number of fused-ring (bicyclic) bond motifs is 1. The highest BCUT2D eigenvalue weighted by molar-refractivity contribution is 5.33. The van der Waals surface area contributed by atoms with Crippen molar-refractivity contribution in [3.05, 3.63) is 34.9 Å². The quantitative estimate of drug-likeness (QED) is 0.656. The summed E-state index contributed by atoms with van der Waals surface area (Å²) in [5.41, 5.74) is 6.97. The number of hydrogen-bond acceptors (Lipinski definition) is 1. The smallest absolute Gasteiger partial charge is 0.131 e. The van der Waals surface area contributed by atoms with E-state index in [1.807, 2.05) is 0 Å². The van der Waals surface area contributed by atoms with E-state index in [0.29, 0.717) is 5.56 Å². The largest absolute Gasteiger partial charge is 0.324 e. The highest BCUT2D eigenvalue weighted by atomic mass is 19.1. The maximum Gasteiger partial charge on any atom is 0.131 e. The Morgan fingerprint density at radius 1 is 1.31 bits per heavy atom. The van der Waals surface area contributed by atoms with Crippen LogP contribution in [0.2, 0.25) is 0 Å². The SMILES string of the molecule is NC1CCCc2cc(F)cc(F)c21. The molecule has 13 heavy (non-hydrogen) atoms. The van der Waals surface area contributed by atoms with Crippen molar-refractivity contribution in [1.82, 2.24) is 0 Å².